The zero-order valence-corrected chi connectivity index (χ0v) is 12.8. The Balaban J connectivity index is 2.15. The van der Waals surface area contributed by atoms with Gasteiger partial charge < -0.3 is 0 Å². The second-order valence-electron chi connectivity index (χ2n) is 5.45. The van der Waals surface area contributed by atoms with Crippen LogP contribution in [0.3, 0.4) is 0 Å². The fourth-order valence-corrected chi connectivity index (χ4v) is 2.43. The number of aryl methyl sites for hydroxylation is 4. The van der Waals surface area contributed by atoms with E-state index in [4.69, 9.17) is 4.98 Å². The highest BCUT2D eigenvalue weighted by Crippen LogP contribution is 2.20. The highest BCUT2D eigenvalue weighted by molar-refractivity contribution is 5.57. The van der Waals surface area contributed by atoms with E-state index in [9.17, 15) is 0 Å². The van der Waals surface area contributed by atoms with Gasteiger partial charge >= 0.3 is 0 Å². The average Bonchev–Trinajstić information content (AvgIpc) is 2.77. The van der Waals surface area contributed by atoms with E-state index in [2.05, 4.69) is 36.1 Å². The van der Waals surface area contributed by atoms with Crippen molar-refractivity contribution in [3.8, 4) is 17.2 Å². The van der Waals surface area contributed by atoms with E-state index in [1.807, 2.05) is 42.9 Å². The van der Waals surface area contributed by atoms with Gasteiger partial charge in [0.05, 0.1) is 17.1 Å². The summed E-state index contributed by atoms with van der Waals surface area (Å²) in [4.78, 5) is 9.15. The molecular formula is C17H18N4. The van der Waals surface area contributed by atoms with Crippen LogP contribution in [0.25, 0.3) is 17.2 Å². The molecule has 0 unspecified atom stereocenters. The number of hydrogen-bond acceptors (Lipinski definition) is 3. The van der Waals surface area contributed by atoms with Crippen LogP contribution >= 0.6 is 0 Å². The molecule has 0 bridgehead atoms. The Hall–Kier alpha value is -2.49. The van der Waals surface area contributed by atoms with Gasteiger partial charge in [0.25, 0.3) is 0 Å². The summed E-state index contributed by atoms with van der Waals surface area (Å²) in [6.07, 6.45) is 1.82. The van der Waals surface area contributed by atoms with E-state index >= 15 is 0 Å². The molecule has 0 saturated carbocycles. The Labute approximate surface area is 124 Å². The van der Waals surface area contributed by atoms with Gasteiger partial charge in [-0.2, -0.15) is 5.10 Å². The van der Waals surface area contributed by atoms with Crippen LogP contribution < -0.4 is 0 Å². The highest BCUT2D eigenvalue weighted by atomic mass is 15.3. The molecule has 0 aromatic carbocycles. The molecule has 0 radical (unpaired) electrons. The molecule has 3 aromatic rings. The zero-order chi connectivity index (χ0) is 15.0. The molecule has 0 fully saturated rings. The highest BCUT2D eigenvalue weighted by Gasteiger charge is 2.09. The molecule has 0 saturated heterocycles. The third-order valence-electron chi connectivity index (χ3n) is 3.36. The molecule has 3 heterocycles. The lowest BCUT2D eigenvalue weighted by Crippen LogP contribution is -2.04. The second kappa shape index (κ2) is 5.13. The predicted molar refractivity (Wildman–Crippen MR) is 83.5 cm³/mol. The number of hydrogen-bond donors (Lipinski definition) is 0. The van der Waals surface area contributed by atoms with Gasteiger partial charge in [0.2, 0.25) is 0 Å². The average molecular weight is 278 g/mol. The maximum atomic E-state index is 4.73. The van der Waals surface area contributed by atoms with Crippen LogP contribution in [0.1, 0.15) is 22.5 Å². The van der Waals surface area contributed by atoms with Gasteiger partial charge in [-0.05, 0) is 69.2 Å². The topological polar surface area (TPSA) is 43.6 Å². The van der Waals surface area contributed by atoms with Gasteiger partial charge in [0.15, 0.2) is 5.82 Å². The number of pyridine rings is 2. The molecule has 0 aliphatic carbocycles. The Morgan fingerprint density at radius 3 is 2.29 bits per heavy atom. The molecule has 3 rings (SSSR count). The smallest absolute Gasteiger partial charge is 0.154 e. The number of nitrogens with zero attached hydrogens (tertiary/aromatic N) is 4. The molecule has 106 valence electrons. The third kappa shape index (κ3) is 2.70. The van der Waals surface area contributed by atoms with Crippen molar-refractivity contribution in [3.05, 3.63) is 59.0 Å². The minimum atomic E-state index is 0.832. The first-order valence-corrected chi connectivity index (χ1v) is 6.98. The summed E-state index contributed by atoms with van der Waals surface area (Å²) in [6.45, 7) is 8.15. The van der Waals surface area contributed by atoms with Gasteiger partial charge in [0, 0.05) is 11.9 Å². The van der Waals surface area contributed by atoms with Gasteiger partial charge in [0.1, 0.15) is 0 Å². The van der Waals surface area contributed by atoms with Crippen molar-refractivity contribution in [1.82, 2.24) is 19.7 Å². The van der Waals surface area contributed by atoms with Crippen molar-refractivity contribution >= 4 is 0 Å². The van der Waals surface area contributed by atoms with Crippen LogP contribution in [0.2, 0.25) is 0 Å². The first-order chi connectivity index (χ1) is 10.0. The molecule has 3 aromatic heterocycles. The summed E-state index contributed by atoms with van der Waals surface area (Å²) in [5.74, 6) is 0.832. The van der Waals surface area contributed by atoms with Crippen LogP contribution in [-0.4, -0.2) is 19.7 Å². The summed E-state index contributed by atoms with van der Waals surface area (Å²) in [6, 6.07) is 10.2. The minimum Gasteiger partial charge on any atom is -0.255 e. The van der Waals surface area contributed by atoms with E-state index in [0.29, 0.717) is 0 Å². The van der Waals surface area contributed by atoms with E-state index in [1.54, 1.807) is 0 Å². The maximum absolute atomic E-state index is 4.73. The van der Waals surface area contributed by atoms with E-state index in [0.717, 1.165) is 34.2 Å². The maximum Gasteiger partial charge on any atom is 0.154 e. The predicted octanol–water partition coefficient (Wildman–Crippen LogP) is 3.56. The van der Waals surface area contributed by atoms with Gasteiger partial charge in [-0.25, -0.2) is 9.67 Å². The van der Waals surface area contributed by atoms with Gasteiger partial charge in [-0.3, -0.25) is 4.98 Å². The van der Waals surface area contributed by atoms with Crippen LogP contribution in [0.4, 0.5) is 0 Å². The lowest BCUT2D eigenvalue weighted by Gasteiger charge is -2.08. The molecule has 4 heteroatoms. The molecule has 0 amide bonds. The third-order valence-corrected chi connectivity index (χ3v) is 3.36. The van der Waals surface area contributed by atoms with Crippen molar-refractivity contribution in [2.45, 2.75) is 27.7 Å². The molecule has 0 aliphatic heterocycles. The Bertz CT molecular complexity index is 802. The van der Waals surface area contributed by atoms with Crippen LogP contribution in [0.5, 0.6) is 0 Å². The van der Waals surface area contributed by atoms with Gasteiger partial charge in [-0.15, -0.1) is 0 Å². The first-order valence-electron chi connectivity index (χ1n) is 6.98. The van der Waals surface area contributed by atoms with Crippen LogP contribution in [0.15, 0.2) is 36.5 Å². The van der Waals surface area contributed by atoms with Crippen LogP contribution in [-0.2, 0) is 0 Å². The Morgan fingerprint density at radius 2 is 1.62 bits per heavy atom. The normalized spacial score (nSPS) is 10.9. The van der Waals surface area contributed by atoms with Crippen molar-refractivity contribution in [2.24, 2.45) is 0 Å². The molecule has 0 aliphatic rings. The van der Waals surface area contributed by atoms with Gasteiger partial charge in [-0.1, -0.05) is 0 Å². The molecule has 0 N–H and O–H groups in total. The van der Waals surface area contributed by atoms with Crippen molar-refractivity contribution in [3.63, 3.8) is 0 Å². The van der Waals surface area contributed by atoms with E-state index in [-0.39, 0.29) is 0 Å². The minimum absolute atomic E-state index is 0.832. The molecule has 0 atom stereocenters. The summed E-state index contributed by atoms with van der Waals surface area (Å²) >= 11 is 0. The van der Waals surface area contributed by atoms with E-state index < -0.39 is 0 Å². The molecule has 0 spiro atoms. The largest absolute Gasteiger partial charge is 0.255 e. The first kappa shape index (κ1) is 13.5. The lowest BCUT2D eigenvalue weighted by molar-refractivity contribution is 0.805. The molecule has 4 nitrogen and oxygen atoms in total. The second-order valence-corrected chi connectivity index (χ2v) is 5.45. The number of aromatic nitrogens is 4. The Morgan fingerprint density at radius 1 is 0.857 bits per heavy atom. The standard InChI is InChI=1S/C17H18N4/c1-11-5-6-18-15(7-11)16-8-12(2)9-17(19-16)21-14(4)10-13(3)20-21/h5-10H,1-4H3. The van der Waals surface area contributed by atoms with Crippen LogP contribution in [0, 0.1) is 27.7 Å². The molecular weight excluding hydrogens is 260 g/mol. The summed E-state index contributed by atoms with van der Waals surface area (Å²) in [7, 11) is 0. The van der Waals surface area contributed by atoms with E-state index in [1.165, 1.54) is 5.56 Å². The summed E-state index contributed by atoms with van der Waals surface area (Å²) in [5, 5.41) is 4.51. The van der Waals surface area contributed by atoms with Crippen molar-refractivity contribution < 1.29 is 0 Å². The van der Waals surface area contributed by atoms with Crippen molar-refractivity contribution in [1.29, 1.82) is 0 Å². The fraction of sp³-hybridized carbons (Fsp3) is 0.235. The monoisotopic (exact) mass is 278 g/mol. The SMILES string of the molecule is Cc1ccnc(-c2cc(C)cc(-n3nc(C)cc3C)n2)c1. The fourth-order valence-electron chi connectivity index (χ4n) is 2.43. The summed E-state index contributed by atoms with van der Waals surface area (Å²) in [5.41, 5.74) is 6.16. The van der Waals surface area contributed by atoms with Crippen molar-refractivity contribution in [2.75, 3.05) is 0 Å². The summed E-state index contributed by atoms with van der Waals surface area (Å²) < 4.78 is 1.88. The number of rotatable bonds is 2. The zero-order valence-electron chi connectivity index (χ0n) is 12.8. The lowest BCUT2D eigenvalue weighted by atomic mass is 10.1. The Kier molecular flexibility index (Phi) is 3.29. The quantitative estimate of drug-likeness (QED) is 0.720. The molecule has 21 heavy (non-hydrogen) atoms.